The Balaban J connectivity index is 1.91. The summed E-state index contributed by atoms with van der Waals surface area (Å²) in [5.41, 5.74) is 0.842. The molecule has 1 aliphatic rings. The molecule has 1 aromatic carbocycles. The Kier molecular flexibility index (Phi) is 4.59. The largest absolute Gasteiger partial charge is 0.445 e. The first-order chi connectivity index (χ1) is 9.46. The maximum atomic E-state index is 12.7. The van der Waals surface area contributed by atoms with E-state index < -0.39 is 28.1 Å². The fraction of sp³-hybridized carbons (Fsp3) is 0.462. The molecule has 1 amide bonds. The second-order valence-electron chi connectivity index (χ2n) is 4.74. The predicted molar refractivity (Wildman–Crippen MR) is 71.2 cm³/mol. The molecule has 0 radical (unpaired) electrons. The summed E-state index contributed by atoms with van der Waals surface area (Å²) in [5.74, 6) is -0.659. The van der Waals surface area contributed by atoms with Crippen molar-refractivity contribution in [2.45, 2.75) is 25.5 Å². The molecule has 1 aromatic rings. The molecule has 110 valence electrons. The molecule has 0 spiro atoms. The van der Waals surface area contributed by atoms with Crippen LogP contribution in [0.15, 0.2) is 30.3 Å². The third-order valence-electron chi connectivity index (χ3n) is 3.21. The van der Waals surface area contributed by atoms with Crippen molar-refractivity contribution in [1.82, 2.24) is 4.90 Å². The number of amides is 1. The lowest BCUT2D eigenvalue weighted by atomic mass is 10.2. The van der Waals surface area contributed by atoms with Crippen LogP contribution in [-0.2, 0) is 21.6 Å². The molecular formula is C13H16FNO4S. The Morgan fingerprint density at radius 3 is 2.70 bits per heavy atom. The Morgan fingerprint density at radius 2 is 2.05 bits per heavy atom. The van der Waals surface area contributed by atoms with Crippen LogP contribution in [0, 0.1) is 0 Å². The van der Waals surface area contributed by atoms with E-state index in [-0.39, 0.29) is 6.61 Å². The van der Waals surface area contributed by atoms with Gasteiger partial charge in [-0.2, -0.15) is 8.42 Å². The van der Waals surface area contributed by atoms with Gasteiger partial charge in [0.1, 0.15) is 12.4 Å². The maximum absolute atomic E-state index is 12.7. The Labute approximate surface area is 117 Å². The molecule has 5 nitrogen and oxygen atoms in total. The van der Waals surface area contributed by atoms with Crippen molar-refractivity contribution in [1.29, 1.82) is 0 Å². The van der Waals surface area contributed by atoms with Crippen LogP contribution in [0.3, 0.4) is 0 Å². The second-order valence-corrected chi connectivity index (χ2v) is 6.15. The molecular weight excluding hydrogens is 285 g/mol. The van der Waals surface area contributed by atoms with E-state index in [1.807, 2.05) is 30.3 Å². The van der Waals surface area contributed by atoms with Gasteiger partial charge < -0.3 is 9.64 Å². The van der Waals surface area contributed by atoms with Crippen molar-refractivity contribution < 1.29 is 21.8 Å². The second kappa shape index (κ2) is 6.21. The molecule has 1 heterocycles. The molecule has 0 bridgehead atoms. The molecule has 1 saturated heterocycles. The van der Waals surface area contributed by atoms with Gasteiger partial charge in [-0.25, -0.2) is 4.79 Å². The fourth-order valence-electron chi connectivity index (χ4n) is 2.28. The molecule has 0 aromatic heterocycles. The minimum absolute atomic E-state index is 0.116. The van der Waals surface area contributed by atoms with E-state index in [0.29, 0.717) is 19.4 Å². The Hall–Kier alpha value is -1.63. The summed E-state index contributed by atoms with van der Waals surface area (Å²) in [4.78, 5) is 13.2. The first kappa shape index (κ1) is 14.8. The highest BCUT2D eigenvalue weighted by Gasteiger charge is 2.33. The average Bonchev–Trinajstić information content (AvgIpc) is 2.83. The van der Waals surface area contributed by atoms with E-state index in [2.05, 4.69) is 0 Å². The molecule has 0 N–H and O–H groups in total. The lowest BCUT2D eigenvalue weighted by molar-refractivity contribution is 0.0947. The van der Waals surface area contributed by atoms with Crippen molar-refractivity contribution in [2.24, 2.45) is 0 Å². The van der Waals surface area contributed by atoms with E-state index in [0.717, 1.165) is 5.56 Å². The van der Waals surface area contributed by atoms with Gasteiger partial charge in [0.05, 0.1) is 6.04 Å². The van der Waals surface area contributed by atoms with Gasteiger partial charge in [0.2, 0.25) is 0 Å². The number of rotatable bonds is 4. The van der Waals surface area contributed by atoms with Crippen LogP contribution in [-0.4, -0.2) is 37.8 Å². The minimum atomic E-state index is -4.59. The van der Waals surface area contributed by atoms with Gasteiger partial charge in [-0.1, -0.05) is 30.3 Å². The first-order valence-electron chi connectivity index (χ1n) is 6.35. The summed E-state index contributed by atoms with van der Waals surface area (Å²) >= 11 is 0. The van der Waals surface area contributed by atoms with Crippen molar-refractivity contribution in [2.75, 3.05) is 12.3 Å². The molecule has 7 heteroatoms. The smallest absolute Gasteiger partial charge is 0.410 e. The lowest BCUT2D eigenvalue weighted by Gasteiger charge is -2.22. The third kappa shape index (κ3) is 4.19. The van der Waals surface area contributed by atoms with E-state index in [1.165, 1.54) is 4.90 Å². The molecule has 2 rings (SSSR count). The van der Waals surface area contributed by atoms with Crippen molar-refractivity contribution in [3.8, 4) is 0 Å². The molecule has 20 heavy (non-hydrogen) atoms. The number of benzene rings is 1. The van der Waals surface area contributed by atoms with Crippen LogP contribution >= 0.6 is 0 Å². The van der Waals surface area contributed by atoms with Gasteiger partial charge in [0.25, 0.3) is 0 Å². The summed E-state index contributed by atoms with van der Waals surface area (Å²) < 4.78 is 39.2. The number of hydrogen-bond donors (Lipinski definition) is 0. The van der Waals surface area contributed by atoms with Gasteiger partial charge in [0.15, 0.2) is 0 Å². The number of halogens is 1. The van der Waals surface area contributed by atoms with Gasteiger partial charge in [0, 0.05) is 6.54 Å². The van der Waals surface area contributed by atoms with Crippen molar-refractivity contribution >= 4 is 16.3 Å². The zero-order chi connectivity index (χ0) is 14.6. The lowest BCUT2D eigenvalue weighted by Crippen LogP contribution is -2.39. The van der Waals surface area contributed by atoms with Crippen LogP contribution in [0.1, 0.15) is 18.4 Å². The molecule has 1 aliphatic heterocycles. The van der Waals surface area contributed by atoms with Gasteiger partial charge in [-0.15, -0.1) is 3.89 Å². The van der Waals surface area contributed by atoms with Gasteiger partial charge >= 0.3 is 16.3 Å². The van der Waals surface area contributed by atoms with Gasteiger partial charge in [-0.3, -0.25) is 0 Å². The molecule has 0 saturated carbocycles. The van der Waals surface area contributed by atoms with Gasteiger partial charge in [-0.05, 0) is 18.4 Å². The SMILES string of the molecule is O=C(OCc1ccccc1)N1CCCC1CS(=O)(=O)F. The predicted octanol–water partition coefficient (Wildman–Crippen LogP) is 2.09. The normalized spacial score (nSPS) is 19.1. The Morgan fingerprint density at radius 1 is 1.35 bits per heavy atom. The summed E-state index contributed by atoms with van der Waals surface area (Å²) in [6.07, 6.45) is 0.532. The van der Waals surface area contributed by atoms with E-state index >= 15 is 0 Å². The molecule has 1 fully saturated rings. The molecule has 1 unspecified atom stereocenters. The quantitative estimate of drug-likeness (QED) is 0.799. The molecule has 1 atom stereocenters. The van der Waals surface area contributed by atoms with E-state index in [9.17, 15) is 17.1 Å². The highest BCUT2D eigenvalue weighted by Crippen LogP contribution is 2.20. The summed E-state index contributed by atoms with van der Waals surface area (Å²) in [6, 6.07) is 8.53. The van der Waals surface area contributed by atoms with Crippen molar-refractivity contribution in [3.63, 3.8) is 0 Å². The van der Waals surface area contributed by atoms with E-state index in [1.54, 1.807) is 0 Å². The van der Waals surface area contributed by atoms with Crippen LogP contribution in [0.5, 0.6) is 0 Å². The number of hydrogen-bond acceptors (Lipinski definition) is 4. The van der Waals surface area contributed by atoms with E-state index in [4.69, 9.17) is 4.74 Å². The first-order valence-corrected chi connectivity index (χ1v) is 7.90. The number of carbonyl (C=O) groups is 1. The zero-order valence-corrected chi connectivity index (χ0v) is 11.7. The summed E-state index contributed by atoms with van der Waals surface area (Å²) in [6.45, 7) is 0.513. The zero-order valence-electron chi connectivity index (χ0n) is 10.9. The number of ether oxygens (including phenoxy) is 1. The highest BCUT2D eigenvalue weighted by atomic mass is 32.3. The summed E-state index contributed by atoms with van der Waals surface area (Å²) in [7, 11) is -4.59. The fourth-order valence-corrected chi connectivity index (χ4v) is 3.09. The van der Waals surface area contributed by atoms with Crippen LogP contribution < -0.4 is 0 Å². The monoisotopic (exact) mass is 301 g/mol. The van der Waals surface area contributed by atoms with Crippen LogP contribution in [0.2, 0.25) is 0 Å². The third-order valence-corrected chi connectivity index (χ3v) is 3.99. The van der Waals surface area contributed by atoms with Crippen LogP contribution in [0.4, 0.5) is 8.68 Å². The number of nitrogens with zero attached hydrogens (tertiary/aromatic N) is 1. The van der Waals surface area contributed by atoms with Crippen LogP contribution in [0.25, 0.3) is 0 Å². The standard InChI is InChI=1S/C13H16FNO4S/c14-20(17,18)10-12-7-4-8-15(12)13(16)19-9-11-5-2-1-3-6-11/h1-3,5-6,12H,4,7-10H2. The Bertz CT molecular complexity index is 561. The highest BCUT2D eigenvalue weighted by molar-refractivity contribution is 7.86. The van der Waals surface area contributed by atoms with Crippen molar-refractivity contribution in [3.05, 3.63) is 35.9 Å². The topological polar surface area (TPSA) is 63.7 Å². The summed E-state index contributed by atoms with van der Waals surface area (Å²) in [5, 5.41) is 0. The molecule has 0 aliphatic carbocycles. The maximum Gasteiger partial charge on any atom is 0.410 e. The number of carbonyl (C=O) groups excluding carboxylic acids is 1. The number of likely N-dealkylation sites (tertiary alicyclic amines) is 1. The average molecular weight is 301 g/mol. The minimum Gasteiger partial charge on any atom is -0.445 e.